The topological polar surface area (TPSA) is 95.6 Å². The molecule has 1 aromatic carbocycles. The Morgan fingerprint density at radius 3 is 2.71 bits per heavy atom. The lowest BCUT2D eigenvalue weighted by Gasteiger charge is -2.21. The summed E-state index contributed by atoms with van der Waals surface area (Å²) in [6, 6.07) is 5.48. The van der Waals surface area contributed by atoms with Crippen LogP contribution in [0.1, 0.15) is 37.7 Å². The number of halogens is 1. The first-order chi connectivity index (χ1) is 11.3. The van der Waals surface area contributed by atoms with Gasteiger partial charge in [0.2, 0.25) is 0 Å². The number of nitriles is 1. The summed E-state index contributed by atoms with van der Waals surface area (Å²) in [4.78, 5) is 16.0. The van der Waals surface area contributed by atoms with E-state index in [0.29, 0.717) is 11.4 Å². The van der Waals surface area contributed by atoms with E-state index in [1.165, 1.54) is 24.5 Å². The number of nitrogens with zero attached hydrogens (tertiary/aromatic N) is 4. The summed E-state index contributed by atoms with van der Waals surface area (Å²) in [7, 11) is 0. The van der Waals surface area contributed by atoms with E-state index in [4.69, 9.17) is 5.26 Å². The van der Waals surface area contributed by atoms with Crippen molar-refractivity contribution in [2.24, 2.45) is 0 Å². The van der Waals surface area contributed by atoms with Crippen molar-refractivity contribution in [3.63, 3.8) is 0 Å². The molecule has 0 unspecified atom stereocenters. The molecule has 0 radical (unpaired) electrons. The van der Waals surface area contributed by atoms with Crippen molar-refractivity contribution in [1.29, 1.82) is 5.26 Å². The molecule has 0 aliphatic carbocycles. The first kappa shape index (κ1) is 17.4. The van der Waals surface area contributed by atoms with Gasteiger partial charge in [0.25, 0.3) is 0 Å². The normalized spacial score (nSPS) is 11.0. The van der Waals surface area contributed by atoms with Crippen molar-refractivity contribution in [3.05, 3.63) is 47.3 Å². The fourth-order valence-electron chi connectivity index (χ4n) is 2.12. The van der Waals surface area contributed by atoms with Gasteiger partial charge in [-0.3, -0.25) is 0 Å². The highest BCUT2D eigenvalue weighted by atomic mass is 19.1. The molecule has 2 amide bonds. The minimum absolute atomic E-state index is 0.0147. The summed E-state index contributed by atoms with van der Waals surface area (Å²) in [5, 5.41) is 18.2. The highest BCUT2D eigenvalue weighted by molar-refractivity contribution is 5.73. The number of aromatic nitrogens is 3. The second-order valence-corrected chi connectivity index (χ2v) is 6.21. The molecule has 0 aliphatic heterocycles. The summed E-state index contributed by atoms with van der Waals surface area (Å²) < 4.78 is 15.4. The molecular formula is C16H19FN6O. The van der Waals surface area contributed by atoms with Gasteiger partial charge in [0.15, 0.2) is 0 Å². The second kappa shape index (κ2) is 7.08. The molecule has 0 aliphatic rings. The summed E-state index contributed by atoms with van der Waals surface area (Å²) in [6.45, 7) is 6.13. The van der Waals surface area contributed by atoms with Gasteiger partial charge in [0.05, 0.1) is 23.7 Å². The fraction of sp³-hybridized carbons (Fsp3) is 0.375. The zero-order valence-corrected chi connectivity index (χ0v) is 13.8. The molecule has 1 aromatic heterocycles. The Morgan fingerprint density at radius 1 is 1.33 bits per heavy atom. The van der Waals surface area contributed by atoms with Crippen LogP contribution >= 0.6 is 0 Å². The van der Waals surface area contributed by atoms with Gasteiger partial charge in [0, 0.05) is 12.1 Å². The Hall–Kier alpha value is -2.95. The van der Waals surface area contributed by atoms with E-state index in [1.807, 2.05) is 26.8 Å². The van der Waals surface area contributed by atoms with Gasteiger partial charge >= 0.3 is 6.03 Å². The van der Waals surface area contributed by atoms with E-state index >= 15 is 0 Å². The number of urea groups is 1. The molecule has 0 atom stereocenters. The van der Waals surface area contributed by atoms with Crippen LogP contribution in [-0.4, -0.2) is 20.8 Å². The molecule has 8 heteroatoms. The highest BCUT2D eigenvalue weighted by Crippen LogP contribution is 2.13. The van der Waals surface area contributed by atoms with Gasteiger partial charge in [-0.05, 0) is 39.0 Å². The monoisotopic (exact) mass is 330 g/mol. The molecule has 0 bridgehead atoms. The standard InChI is InChI=1S/C16H19FN6O/c1-16(2,3)23-14(21-10-22-23)9-20-15(24)19-8-12-6-11(7-18)4-5-13(12)17/h4-6,10H,8-9H2,1-3H3,(H2,19,20,24). The number of benzene rings is 1. The van der Waals surface area contributed by atoms with E-state index < -0.39 is 11.8 Å². The molecule has 24 heavy (non-hydrogen) atoms. The van der Waals surface area contributed by atoms with Gasteiger partial charge in [-0.1, -0.05) is 0 Å². The maximum atomic E-state index is 13.6. The molecule has 2 N–H and O–H groups in total. The molecule has 2 rings (SSSR count). The fourth-order valence-corrected chi connectivity index (χ4v) is 2.12. The molecule has 2 aromatic rings. The van der Waals surface area contributed by atoms with Crippen LogP contribution < -0.4 is 10.6 Å². The van der Waals surface area contributed by atoms with Gasteiger partial charge in [-0.25, -0.2) is 18.9 Å². The Balaban J connectivity index is 1.91. The molecular weight excluding hydrogens is 311 g/mol. The van der Waals surface area contributed by atoms with Gasteiger partial charge in [-0.2, -0.15) is 10.4 Å². The molecule has 0 fully saturated rings. The second-order valence-electron chi connectivity index (χ2n) is 6.21. The van der Waals surface area contributed by atoms with Crippen LogP contribution in [0, 0.1) is 17.1 Å². The third kappa shape index (κ3) is 4.29. The first-order valence-electron chi connectivity index (χ1n) is 7.41. The average Bonchev–Trinajstić information content (AvgIpc) is 3.01. The third-order valence-corrected chi connectivity index (χ3v) is 3.28. The quantitative estimate of drug-likeness (QED) is 0.897. The van der Waals surface area contributed by atoms with Crippen LogP contribution in [0.5, 0.6) is 0 Å². The maximum absolute atomic E-state index is 13.6. The number of nitrogens with one attached hydrogen (secondary N) is 2. The lowest BCUT2D eigenvalue weighted by atomic mass is 10.1. The largest absolute Gasteiger partial charge is 0.334 e. The minimum atomic E-state index is -0.471. The van der Waals surface area contributed by atoms with Crippen LogP contribution in [0.3, 0.4) is 0 Å². The zero-order chi connectivity index (χ0) is 17.7. The lowest BCUT2D eigenvalue weighted by Crippen LogP contribution is -2.36. The van der Waals surface area contributed by atoms with Crippen LogP contribution in [0.2, 0.25) is 0 Å². The van der Waals surface area contributed by atoms with E-state index in [-0.39, 0.29) is 24.2 Å². The van der Waals surface area contributed by atoms with E-state index in [1.54, 1.807) is 4.68 Å². The summed E-state index contributed by atoms with van der Waals surface area (Å²) in [5.74, 6) is 0.150. The van der Waals surface area contributed by atoms with Gasteiger partial charge in [-0.15, -0.1) is 0 Å². The van der Waals surface area contributed by atoms with Crippen molar-refractivity contribution in [2.45, 2.75) is 39.4 Å². The Bertz CT molecular complexity index is 772. The average molecular weight is 330 g/mol. The van der Waals surface area contributed by atoms with Gasteiger partial charge < -0.3 is 10.6 Å². The van der Waals surface area contributed by atoms with E-state index in [2.05, 4.69) is 20.7 Å². The van der Waals surface area contributed by atoms with E-state index in [0.717, 1.165) is 0 Å². The van der Waals surface area contributed by atoms with Crippen LogP contribution in [0.25, 0.3) is 0 Å². The molecule has 0 saturated heterocycles. The molecule has 0 saturated carbocycles. The van der Waals surface area contributed by atoms with Crippen LogP contribution in [0.4, 0.5) is 9.18 Å². The van der Waals surface area contributed by atoms with Crippen molar-refractivity contribution in [2.75, 3.05) is 0 Å². The third-order valence-electron chi connectivity index (χ3n) is 3.28. The lowest BCUT2D eigenvalue weighted by molar-refractivity contribution is 0.239. The Morgan fingerprint density at radius 2 is 2.04 bits per heavy atom. The smallest absolute Gasteiger partial charge is 0.315 e. The number of amides is 2. The zero-order valence-electron chi connectivity index (χ0n) is 13.8. The molecule has 7 nitrogen and oxygen atoms in total. The summed E-state index contributed by atoms with van der Waals surface area (Å²) in [6.07, 6.45) is 1.43. The summed E-state index contributed by atoms with van der Waals surface area (Å²) in [5.41, 5.74) is 0.346. The van der Waals surface area contributed by atoms with Crippen LogP contribution in [0.15, 0.2) is 24.5 Å². The maximum Gasteiger partial charge on any atom is 0.315 e. The molecule has 1 heterocycles. The number of carbonyl (C=O) groups is 1. The first-order valence-corrected chi connectivity index (χ1v) is 7.41. The summed E-state index contributed by atoms with van der Waals surface area (Å²) >= 11 is 0. The highest BCUT2D eigenvalue weighted by Gasteiger charge is 2.18. The van der Waals surface area contributed by atoms with E-state index in [9.17, 15) is 9.18 Å². The Kier molecular flexibility index (Phi) is 5.14. The van der Waals surface area contributed by atoms with Crippen molar-refractivity contribution in [3.8, 4) is 6.07 Å². The Labute approximate surface area is 139 Å². The predicted octanol–water partition coefficient (Wildman–Crippen LogP) is 2.04. The molecule has 126 valence electrons. The van der Waals surface area contributed by atoms with Gasteiger partial charge in [0.1, 0.15) is 18.0 Å². The SMILES string of the molecule is CC(C)(C)n1ncnc1CNC(=O)NCc1cc(C#N)ccc1F. The molecule has 0 spiro atoms. The number of rotatable bonds is 4. The van der Waals surface area contributed by atoms with Crippen molar-refractivity contribution in [1.82, 2.24) is 25.4 Å². The van der Waals surface area contributed by atoms with Crippen molar-refractivity contribution < 1.29 is 9.18 Å². The predicted molar refractivity (Wildman–Crippen MR) is 85.2 cm³/mol. The van der Waals surface area contributed by atoms with Crippen molar-refractivity contribution >= 4 is 6.03 Å². The van der Waals surface area contributed by atoms with Crippen LogP contribution in [-0.2, 0) is 18.6 Å². The number of carbonyl (C=O) groups excluding carboxylic acids is 1. The minimum Gasteiger partial charge on any atom is -0.334 e. The number of hydrogen-bond acceptors (Lipinski definition) is 4. The number of hydrogen-bond donors (Lipinski definition) is 2.